The summed E-state index contributed by atoms with van der Waals surface area (Å²) < 4.78 is 17.2. The van der Waals surface area contributed by atoms with Gasteiger partial charge in [-0.1, -0.05) is 11.8 Å². The summed E-state index contributed by atoms with van der Waals surface area (Å²) in [7, 11) is 0. The average Bonchev–Trinajstić information content (AvgIpc) is 2.91. The van der Waals surface area contributed by atoms with Crippen LogP contribution in [0.5, 0.6) is 11.5 Å². The number of morpholine rings is 2. The maximum Gasteiger partial charge on any atom is 0.182 e. The van der Waals surface area contributed by atoms with Crippen LogP contribution < -0.4 is 4.74 Å². The van der Waals surface area contributed by atoms with Crippen LogP contribution in [-0.2, 0) is 9.47 Å². The molecule has 0 atom stereocenters. The summed E-state index contributed by atoms with van der Waals surface area (Å²) in [6.07, 6.45) is 0. The minimum Gasteiger partial charge on any atom is -0.455 e. The molecule has 2 aromatic carbocycles. The fourth-order valence-electron chi connectivity index (χ4n) is 5.10. The number of ketones is 2. The van der Waals surface area contributed by atoms with E-state index in [0.717, 1.165) is 36.0 Å². The highest BCUT2D eigenvalue weighted by atomic mass is 32.2. The van der Waals surface area contributed by atoms with Gasteiger partial charge in [-0.05, 0) is 64.1 Å². The fraction of sp³-hybridized carbons (Fsp3) is 0.500. The summed E-state index contributed by atoms with van der Waals surface area (Å²) >= 11 is 1.59. The minimum absolute atomic E-state index is 0.0581. The molecule has 3 aliphatic heterocycles. The molecule has 2 aromatic rings. The maximum atomic E-state index is 13.5. The number of carbonyl (C=O) groups is 2. The van der Waals surface area contributed by atoms with Crippen molar-refractivity contribution in [2.24, 2.45) is 0 Å². The molecule has 3 heterocycles. The normalized spacial score (nSPS) is 19.2. The molecule has 0 bridgehead atoms. The van der Waals surface area contributed by atoms with Crippen LogP contribution in [0.15, 0.2) is 46.2 Å². The Hall–Kier alpha value is -2.23. The number of hydrogen-bond acceptors (Lipinski definition) is 8. The number of carbonyl (C=O) groups excluding carboxylic acids is 2. The molecule has 0 aromatic heterocycles. The first-order valence-corrected chi connectivity index (χ1v) is 13.4. The molecule has 0 saturated carbocycles. The van der Waals surface area contributed by atoms with Crippen LogP contribution in [0, 0.1) is 0 Å². The maximum absolute atomic E-state index is 13.5. The van der Waals surface area contributed by atoms with Crippen molar-refractivity contribution in [3.63, 3.8) is 0 Å². The molecule has 8 heteroatoms. The Balaban J connectivity index is 1.37. The second-order valence-corrected chi connectivity index (χ2v) is 11.6. The summed E-state index contributed by atoms with van der Waals surface area (Å²) in [5.74, 6) is 1.41. The molecule has 5 rings (SSSR count). The Kier molecular flexibility index (Phi) is 7.00. The van der Waals surface area contributed by atoms with Crippen molar-refractivity contribution in [2.45, 2.75) is 48.6 Å². The van der Waals surface area contributed by atoms with Crippen molar-refractivity contribution in [3.05, 3.63) is 47.5 Å². The fourth-order valence-corrected chi connectivity index (χ4v) is 6.01. The Morgan fingerprint density at radius 1 is 0.694 bits per heavy atom. The molecule has 0 unspecified atom stereocenters. The van der Waals surface area contributed by atoms with Gasteiger partial charge in [-0.15, -0.1) is 0 Å². The second kappa shape index (κ2) is 9.91. The number of ether oxygens (including phenoxy) is 3. The molecule has 0 spiro atoms. The van der Waals surface area contributed by atoms with E-state index in [9.17, 15) is 9.59 Å². The van der Waals surface area contributed by atoms with E-state index in [4.69, 9.17) is 14.2 Å². The molecule has 3 aliphatic rings. The van der Waals surface area contributed by atoms with E-state index in [1.807, 2.05) is 64.1 Å². The van der Waals surface area contributed by atoms with E-state index >= 15 is 0 Å². The minimum atomic E-state index is -0.637. The molecule has 36 heavy (non-hydrogen) atoms. The molecule has 0 N–H and O–H groups in total. The van der Waals surface area contributed by atoms with Crippen molar-refractivity contribution in [1.29, 1.82) is 0 Å². The Bertz CT molecular complexity index is 1080. The lowest BCUT2D eigenvalue weighted by Crippen LogP contribution is -2.54. The van der Waals surface area contributed by atoms with E-state index < -0.39 is 11.1 Å². The number of hydrogen-bond donors (Lipinski definition) is 0. The van der Waals surface area contributed by atoms with Gasteiger partial charge in [-0.2, -0.15) is 0 Å². The lowest BCUT2D eigenvalue weighted by Gasteiger charge is -2.39. The standard InChI is InChI=1S/C28H34N2O5S/c1-27(2,29-9-13-33-14-10-29)25(31)19-5-7-23-21(17-19)35-22-18-20(6-8-24(22)36-23)26(32)28(3,4)30-11-15-34-16-12-30/h5-8,17-18H,9-16H2,1-4H3. The average molecular weight is 511 g/mol. The van der Waals surface area contributed by atoms with E-state index in [1.165, 1.54) is 0 Å². The lowest BCUT2D eigenvalue weighted by atomic mass is 9.90. The van der Waals surface area contributed by atoms with E-state index in [1.54, 1.807) is 11.8 Å². The van der Waals surface area contributed by atoms with Crippen LogP contribution >= 0.6 is 11.8 Å². The van der Waals surface area contributed by atoms with Gasteiger partial charge in [0, 0.05) is 37.3 Å². The van der Waals surface area contributed by atoms with Gasteiger partial charge >= 0.3 is 0 Å². The van der Waals surface area contributed by atoms with Gasteiger partial charge in [-0.3, -0.25) is 19.4 Å². The largest absolute Gasteiger partial charge is 0.455 e. The van der Waals surface area contributed by atoms with Gasteiger partial charge in [0.1, 0.15) is 11.5 Å². The quantitative estimate of drug-likeness (QED) is 0.448. The number of nitrogens with zero attached hydrogens (tertiary/aromatic N) is 2. The Morgan fingerprint density at radius 3 is 1.47 bits per heavy atom. The summed E-state index contributed by atoms with van der Waals surface area (Å²) in [5.41, 5.74) is -0.0323. The molecule has 192 valence electrons. The van der Waals surface area contributed by atoms with Crippen molar-refractivity contribution < 1.29 is 23.8 Å². The third kappa shape index (κ3) is 4.73. The first-order chi connectivity index (χ1) is 17.2. The molecular weight excluding hydrogens is 476 g/mol. The first kappa shape index (κ1) is 25.4. The molecule has 0 aliphatic carbocycles. The highest BCUT2D eigenvalue weighted by Gasteiger charge is 2.38. The molecule has 2 fully saturated rings. The van der Waals surface area contributed by atoms with Crippen molar-refractivity contribution in [3.8, 4) is 11.5 Å². The number of fused-ring (bicyclic) bond motifs is 2. The van der Waals surface area contributed by atoms with Gasteiger partial charge in [0.05, 0.1) is 47.3 Å². The monoisotopic (exact) mass is 510 g/mol. The summed E-state index contributed by atoms with van der Waals surface area (Å²) in [4.78, 5) is 33.3. The molecular formula is C28H34N2O5S. The van der Waals surface area contributed by atoms with Crippen molar-refractivity contribution in [1.82, 2.24) is 9.80 Å². The van der Waals surface area contributed by atoms with Gasteiger partial charge in [0.15, 0.2) is 11.6 Å². The van der Waals surface area contributed by atoms with Crippen LogP contribution in [0.1, 0.15) is 48.4 Å². The smallest absolute Gasteiger partial charge is 0.182 e. The number of benzene rings is 2. The van der Waals surface area contributed by atoms with Gasteiger partial charge in [-0.25, -0.2) is 0 Å². The highest BCUT2D eigenvalue weighted by Crippen LogP contribution is 2.48. The van der Waals surface area contributed by atoms with E-state index in [-0.39, 0.29) is 11.6 Å². The topological polar surface area (TPSA) is 68.3 Å². The first-order valence-electron chi connectivity index (χ1n) is 12.6. The van der Waals surface area contributed by atoms with Crippen LogP contribution in [0.3, 0.4) is 0 Å². The van der Waals surface area contributed by atoms with Crippen LogP contribution in [0.25, 0.3) is 0 Å². The summed E-state index contributed by atoms with van der Waals surface area (Å²) in [5, 5.41) is 0. The SMILES string of the molecule is CC(C)(C(=O)c1ccc2c(c1)Oc1cc(C(=O)C(C)(C)N3CCOCC3)ccc1S2)N1CCOCC1. The van der Waals surface area contributed by atoms with E-state index in [0.29, 0.717) is 49.1 Å². The predicted molar refractivity (Wildman–Crippen MR) is 139 cm³/mol. The third-order valence-corrected chi connectivity index (χ3v) is 8.68. The van der Waals surface area contributed by atoms with Crippen LogP contribution in [0.2, 0.25) is 0 Å². The van der Waals surface area contributed by atoms with Gasteiger partial charge in [0.25, 0.3) is 0 Å². The molecule has 0 radical (unpaired) electrons. The third-order valence-electron chi connectivity index (χ3n) is 7.57. The predicted octanol–water partition coefficient (Wildman–Crippen LogP) is 4.53. The van der Waals surface area contributed by atoms with Crippen molar-refractivity contribution >= 4 is 23.3 Å². The zero-order chi connectivity index (χ0) is 25.5. The highest BCUT2D eigenvalue weighted by molar-refractivity contribution is 7.99. The lowest BCUT2D eigenvalue weighted by molar-refractivity contribution is -0.00442. The van der Waals surface area contributed by atoms with Crippen molar-refractivity contribution in [2.75, 3.05) is 52.6 Å². The van der Waals surface area contributed by atoms with E-state index in [2.05, 4.69) is 9.80 Å². The Labute approximate surface area is 217 Å². The zero-order valence-electron chi connectivity index (χ0n) is 21.5. The second-order valence-electron chi connectivity index (χ2n) is 10.5. The zero-order valence-corrected chi connectivity index (χ0v) is 22.3. The van der Waals surface area contributed by atoms with Crippen LogP contribution in [-0.4, -0.2) is 85.1 Å². The number of rotatable bonds is 6. The number of Topliss-reactive ketones (excluding diaryl/α,β-unsaturated/α-hetero) is 2. The van der Waals surface area contributed by atoms with Crippen LogP contribution in [0.4, 0.5) is 0 Å². The van der Waals surface area contributed by atoms with Gasteiger partial charge in [0.2, 0.25) is 0 Å². The molecule has 7 nitrogen and oxygen atoms in total. The molecule has 0 amide bonds. The Morgan fingerprint density at radius 2 is 1.08 bits per heavy atom. The van der Waals surface area contributed by atoms with Gasteiger partial charge < -0.3 is 14.2 Å². The summed E-state index contributed by atoms with van der Waals surface area (Å²) in [6.45, 7) is 13.4. The summed E-state index contributed by atoms with van der Waals surface area (Å²) in [6, 6.07) is 11.3. The molecule has 2 saturated heterocycles.